The summed E-state index contributed by atoms with van der Waals surface area (Å²) in [4.78, 5) is 13.2. The Morgan fingerprint density at radius 3 is 2.42 bits per heavy atom. The van der Waals surface area contributed by atoms with Crippen molar-refractivity contribution in [2.24, 2.45) is 0 Å². The van der Waals surface area contributed by atoms with Gasteiger partial charge in [0, 0.05) is 17.1 Å². The van der Waals surface area contributed by atoms with Gasteiger partial charge in [-0.2, -0.15) is 18.2 Å². The Morgan fingerprint density at radius 2 is 1.76 bits per heavy atom. The van der Waals surface area contributed by atoms with Gasteiger partial charge >= 0.3 is 6.18 Å². The lowest BCUT2D eigenvalue weighted by molar-refractivity contribution is -0.151. The molecule has 1 aliphatic carbocycles. The number of alkyl halides is 3. The number of nitrogens with one attached hydrogen (secondary N) is 3. The average Bonchev–Trinajstić information content (AvgIpc) is 3.63. The molecule has 0 radical (unpaired) electrons. The summed E-state index contributed by atoms with van der Waals surface area (Å²) in [5.74, 6) is -0.487. The standard InChI is InChI=1S/C24H19ClF4N6O2S/c25-15-9-13(10-17(11-15)35-38(36)37)12-30-22-32-19-6-5-18(14-1-3-16(26)4-2-14)31-20(19)21(33-22)34-23(7-8-23)24(27,28)29/h1-6,9-11,35H,7-8,12H2,(H,36,37)(H2,30,32,33,34). The number of hydrogen-bond acceptors (Lipinski definition) is 6. The zero-order valence-corrected chi connectivity index (χ0v) is 20.9. The van der Waals surface area contributed by atoms with Crippen molar-refractivity contribution in [3.05, 3.63) is 71.0 Å². The van der Waals surface area contributed by atoms with Crippen LogP contribution in [0, 0.1) is 5.82 Å². The predicted molar refractivity (Wildman–Crippen MR) is 138 cm³/mol. The molecule has 1 atom stereocenters. The van der Waals surface area contributed by atoms with Gasteiger partial charge in [0.2, 0.25) is 5.95 Å². The third-order valence-corrected chi connectivity index (χ3v) is 6.57. The number of fused-ring (bicyclic) bond motifs is 1. The number of nitrogens with zero attached hydrogens (tertiary/aromatic N) is 3. The minimum atomic E-state index is -4.50. The molecule has 0 amide bonds. The van der Waals surface area contributed by atoms with E-state index in [1.54, 1.807) is 24.3 Å². The Hall–Kier alpha value is -3.55. The molecule has 0 spiro atoms. The van der Waals surface area contributed by atoms with Gasteiger partial charge < -0.3 is 10.6 Å². The Balaban J connectivity index is 1.50. The fourth-order valence-electron chi connectivity index (χ4n) is 3.89. The van der Waals surface area contributed by atoms with Gasteiger partial charge in [0.1, 0.15) is 16.9 Å². The van der Waals surface area contributed by atoms with Crippen LogP contribution in [0.4, 0.5) is 35.0 Å². The van der Waals surface area contributed by atoms with E-state index in [-0.39, 0.29) is 42.2 Å². The van der Waals surface area contributed by atoms with Gasteiger partial charge in [-0.05, 0) is 73.0 Å². The molecule has 8 nitrogen and oxygen atoms in total. The molecule has 14 heteroatoms. The lowest BCUT2D eigenvalue weighted by Gasteiger charge is -2.22. The van der Waals surface area contributed by atoms with Crippen LogP contribution in [0.25, 0.3) is 22.3 Å². The van der Waals surface area contributed by atoms with Crippen LogP contribution < -0.4 is 15.4 Å². The summed E-state index contributed by atoms with van der Waals surface area (Å²) in [5, 5.41) is 5.81. The molecule has 0 aliphatic heterocycles. The highest BCUT2D eigenvalue weighted by Gasteiger charge is 2.64. The van der Waals surface area contributed by atoms with Crippen molar-refractivity contribution in [2.75, 3.05) is 15.4 Å². The van der Waals surface area contributed by atoms with Gasteiger partial charge in [-0.3, -0.25) is 9.27 Å². The maximum Gasteiger partial charge on any atom is 0.411 e. The van der Waals surface area contributed by atoms with E-state index >= 15 is 0 Å². The highest BCUT2D eigenvalue weighted by atomic mass is 35.5. The van der Waals surface area contributed by atoms with Gasteiger partial charge in [-0.15, -0.1) is 0 Å². The van der Waals surface area contributed by atoms with E-state index in [0.29, 0.717) is 27.5 Å². The van der Waals surface area contributed by atoms with Gasteiger partial charge in [0.15, 0.2) is 5.82 Å². The molecule has 4 aromatic rings. The summed E-state index contributed by atoms with van der Waals surface area (Å²) in [6, 6.07) is 13.5. The van der Waals surface area contributed by atoms with Crippen molar-refractivity contribution in [3.8, 4) is 11.3 Å². The minimum absolute atomic E-state index is 0.0366. The first-order valence-electron chi connectivity index (χ1n) is 11.2. The van der Waals surface area contributed by atoms with Crippen LogP contribution >= 0.6 is 11.6 Å². The molecule has 1 saturated carbocycles. The number of anilines is 3. The molecular weight excluding hydrogens is 548 g/mol. The van der Waals surface area contributed by atoms with Gasteiger partial charge in [0.05, 0.1) is 16.9 Å². The van der Waals surface area contributed by atoms with Crippen molar-refractivity contribution in [1.82, 2.24) is 15.0 Å². The molecule has 198 valence electrons. The van der Waals surface area contributed by atoms with Crippen LogP contribution in [0.5, 0.6) is 0 Å². The maximum atomic E-state index is 13.8. The molecule has 2 heterocycles. The zero-order valence-electron chi connectivity index (χ0n) is 19.3. The number of aromatic nitrogens is 3. The number of rotatable bonds is 8. The van der Waals surface area contributed by atoms with Gasteiger partial charge in [-0.25, -0.2) is 18.6 Å². The summed E-state index contributed by atoms with van der Waals surface area (Å²) < 4.78 is 77.1. The number of hydrogen-bond donors (Lipinski definition) is 4. The topological polar surface area (TPSA) is 112 Å². The summed E-state index contributed by atoms with van der Waals surface area (Å²) in [6.45, 7) is 0.115. The second-order valence-corrected chi connectivity index (χ2v) is 9.86. The van der Waals surface area contributed by atoms with Gasteiger partial charge in [-0.1, -0.05) is 11.6 Å². The van der Waals surface area contributed by atoms with E-state index in [2.05, 4.69) is 30.3 Å². The van der Waals surface area contributed by atoms with Crippen LogP contribution in [0.3, 0.4) is 0 Å². The van der Waals surface area contributed by atoms with Crippen molar-refractivity contribution >= 4 is 51.4 Å². The Bertz CT molecular complexity index is 1530. The third kappa shape index (κ3) is 5.64. The molecule has 5 rings (SSSR count). The monoisotopic (exact) mass is 566 g/mol. The van der Waals surface area contributed by atoms with Crippen LogP contribution in [0.1, 0.15) is 18.4 Å². The van der Waals surface area contributed by atoms with E-state index in [9.17, 15) is 21.8 Å². The quantitative estimate of drug-likeness (QED) is 0.149. The molecule has 2 aromatic carbocycles. The van der Waals surface area contributed by atoms with Crippen LogP contribution in [-0.4, -0.2) is 35.4 Å². The third-order valence-electron chi connectivity index (χ3n) is 5.95. The number of pyridine rings is 1. The van der Waals surface area contributed by atoms with E-state index in [0.717, 1.165) is 0 Å². The first kappa shape index (κ1) is 26.1. The second kappa shape index (κ2) is 9.97. The van der Waals surface area contributed by atoms with Crippen molar-refractivity contribution < 1.29 is 26.3 Å². The Morgan fingerprint density at radius 1 is 1.03 bits per heavy atom. The van der Waals surface area contributed by atoms with Crippen LogP contribution in [0.15, 0.2) is 54.6 Å². The molecule has 0 saturated heterocycles. The molecule has 1 aliphatic rings. The van der Waals surface area contributed by atoms with E-state index in [1.807, 2.05) is 0 Å². The van der Waals surface area contributed by atoms with Gasteiger partial charge in [0.25, 0.3) is 11.3 Å². The molecule has 1 unspecified atom stereocenters. The largest absolute Gasteiger partial charge is 0.411 e. The number of halogens is 5. The number of benzene rings is 2. The van der Waals surface area contributed by atoms with Crippen molar-refractivity contribution in [2.45, 2.75) is 31.1 Å². The lowest BCUT2D eigenvalue weighted by Crippen LogP contribution is -2.39. The Kier molecular flexibility index (Phi) is 6.84. The first-order valence-corrected chi connectivity index (χ1v) is 12.7. The predicted octanol–water partition coefficient (Wildman–Crippen LogP) is 6.15. The molecule has 4 N–H and O–H groups in total. The van der Waals surface area contributed by atoms with Crippen molar-refractivity contribution in [1.29, 1.82) is 0 Å². The summed E-state index contributed by atoms with van der Waals surface area (Å²) in [6.07, 6.45) is -4.71. The summed E-state index contributed by atoms with van der Waals surface area (Å²) in [7, 11) is 0. The van der Waals surface area contributed by atoms with E-state index < -0.39 is 28.8 Å². The smallest absolute Gasteiger partial charge is 0.354 e. The summed E-state index contributed by atoms with van der Waals surface area (Å²) in [5.41, 5.74) is 0.213. The minimum Gasteiger partial charge on any atom is -0.354 e. The maximum absolute atomic E-state index is 13.8. The highest BCUT2D eigenvalue weighted by molar-refractivity contribution is 7.80. The molecule has 0 bridgehead atoms. The summed E-state index contributed by atoms with van der Waals surface area (Å²) >= 11 is 3.79. The average molecular weight is 567 g/mol. The van der Waals surface area contributed by atoms with Crippen LogP contribution in [-0.2, 0) is 17.8 Å². The highest BCUT2D eigenvalue weighted by Crippen LogP contribution is 2.51. The fourth-order valence-corrected chi connectivity index (χ4v) is 4.46. The first-order chi connectivity index (χ1) is 18.0. The zero-order chi connectivity index (χ0) is 27.1. The van der Waals surface area contributed by atoms with E-state index in [1.165, 1.54) is 30.3 Å². The van der Waals surface area contributed by atoms with Crippen LogP contribution in [0.2, 0.25) is 5.02 Å². The fraction of sp³-hybridized carbons (Fsp3) is 0.208. The van der Waals surface area contributed by atoms with Crippen molar-refractivity contribution in [3.63, 3.8) is 0 Å². The van der Waals surface area contributed by atoms with E-state index in [4.69, 9.17) is 16.2 Å². The molecular formula is C24H19ClF4N6O2S. The molecule has 38 heavy (non-hydrogen) atoms. The normalized spacial score (nSPS) is 15.2. The lowest BCUT2D eigenvalue weighted by atomic mass is 10.1. The Labute approximate surface area is 221 Å². The molecule has 2 aromatic heterocycles. The SMILES string of the molecule is O=S(O)Nc1cc(Cl)cc(CNc2nc(NC3(C(F)(F)F)CC3)c3nc(-c4ccc(F)cc4)ccc3n2)c1. The molecule has 1 fully saturated rings. The second-order valence-electron chi connectivity index (χ2n) is 8.72.